The van der Waals surface area contributed by atoms with Gasteiger partial charge in [0, 0.05) is 29.1 Å². The molecule has 0 saturated carbocycles. The maximum Gasteiger partial charge on any atom is 0.137 e. The second kappa shape index (κ2) is 7.75. The van der Waals surface area contributed by atoms with Gasteiger partial charge in [0.15, 0.2) is 0 Å². The van der Waals surface area contributed by atoms with Crippen molar-refractivity contribution in [3.63, 3.8) is 0 Å². The third kappa shape index (κ3) is 3.65. The summed E-state index contributed by atoms with van der Waals surface area (Å²) in [6.07, 6.45) is 17.4. The van der Waals surface area contributed by atoms with E-state index in [0.717, 1.165) is 36.3 Å². The van der Waals surface area contributed by atoms with E-state index in [1.54, 1.807) is 0 Å². The lowest BCUT2D eigenvalue weighted by atomic mass is 9.93. The summed E-state index contributed by atoms with van der Waals surface area (Å²) in [5.41, 5.74) is 4.47. The third-order valence-corrected chi connectivity index (χ3v) is 6.03. The van der Waals surface area contributed by atoms with Crippen molar-refractivity contribution in [3.8, 4) is 0 Å². The first-order valence-electron chi connectivity index (χ1n) is 10.6. The zero-order valence-electron chi connectivity index (χ0n) is 16.8. The number of aromatic nitrogens is 2. The number of pyridine rings is 1. The van der Waals surface area contributed by atoms with Crippen LogP contribution in [0.3, 0.4) is 0 Å². The summed E-state index contributed by atoms with van der Waals surface area (Å²) in [6, 6.07) is 12.9. The van der Waals surface area contributed by atoms with Gasteiger partial charge < -0.3 is 9.40 Å². The van der Waals surface area contributed by atoms with E-state index in [4.69, 9.17) is 4.42 Å². The molecule has 3 heteroatoms. The van der Waals surface area contributed by atoms with Crippen molar-refractivity contribution in [2.75, 3.05) is 0 Å². The minimum Gasteiger partial charge on any atom is -0.460 e. The molecule has 5 rings (SSSR count). The van der Waals surface area contributed by atoms with E-state index < -0.39 is 0 Å². The van der Waals surface area contributed by atoms with E-state index in [-0.39, 0.29) is 0 Å². The second-order valence-electron chi connectivity index (χ2n) is 8.01. The maximum absolute atomic E-state index is 6.22. The molecule has 0 radical (unpaired) electrons. The number of hydrogen-bond acceptors (Lipinski definition) is 2. The molecule has 146 valence electrons. The molecular weight excluding hydrogens is 356 g/mol. The Hall–Kier alpha value is -3.07. The molecule has 1 aromatic carbocycles. The minimum atomic E-state index is 0.319. The largest absolute Gasteiger partial charge is 0.460 e. The molecule has 2 unspecified atom stereocenters. The lowest BCUT2D eigenvalue weighted by Crippen LogP contribution is -1.98. The van der Waals surface area contributed by atoms with Gasteiger partial charge in [0.2, 0.25) is 0 Å². The Kier molecular flexibility index (Phi) is 4.81. The number of aromatic amines is 1. The van der Waals surface area contributed by atoms with Gasteiger partial charge in [0.05, 0.1) is 0 Å². The Morgan fingerprint density at radius 1 is 1.10 bits per heavy atom. The summed E-state index contributed by atoms with van der Waals surface area (Å²) in [5.74, 6) is 2.05. The Morgan fingerprint density at radius 2 is 2.03 bits per heavy atom. The summed E-state index contributed by atoms with van der Waals surface area (Å²) < 4.78 is 6.22. The molecule has 0 fully saturated rings. The smallest absolute Gasteiger partial charge is 0.137 e. The Bertz CT molecular complexity index is 1190. The van der Waals surface area contributed by atoms with Crippen LogP contribution < -0.4 is 0 Å². The van der Waals surface area contributed by atoms with Crippen LogP contribution in [0, 0.1) is 5.92 Å². The summed E-state index contributed by atoms with van der Waals surface area (Å²) >= 11 is 0. The van der Waals surface area contributed by atoms with Crippen LogP contribution in [0.4, 0.5) is 0 Å². The highest BCUT2D eigenvalue weighted by molar-refractivity contribution is 5.81. The lowest BCUT2D eigenvalue weighted by molar-refractivity contribution is 0.521. The van der Waals surface area contributed by atoms with E-state index in [2.05, 4.69) is 77.7 Å². The summed E-state index contributed by atoms with van der Waals surface area (Å²) in [5, 5.41) is 2.37. The molecule has 0 aliphatic heterocycles. The zero-order valence-corrected chi connectivity index (χ0v) is 16.8. The van der Waals surface area contributed by atoms with Gasteiger partial charge >= 0.3 is 0 Å². The first kappa shape index (κ1) is 18.0. The molecule has 1 aliphatic rings. The van der Waals surface area contributed by atoms with Crippen LogP contribution in [0.5, 0.6) is 0 Å². The molecule has 1 aliphatic carbocycles. The van der Waals surface area contributed by atoms with E-state index in [9.17, 15) is 0 Å². The van der Waals surface area contributed by atoms with Crippen LogP contribution >= 0.6 is 0 Å². The average Bonchev–Trinajstić information content (AvgIpc) is 3.32. The maximum atomic E-state index is 6.22. The minimum absolute atomic E-state index is 0.319. The molecule has 3 nitrogen and oxygen atoms in total. The van der Waals surface area contributed by atoms with Crippen LogP contribution in [-0.2, 0) is 6.42 Å². The molecule has 3 aromatic heterocycles. The molecule has 4 aromatic rings. The number of benzene rings is 1. The fraction of sp³-hybridized carbons (Fsp3) is 0.269. The first-order valence-corrected chi connectivity index (χ1v) is 10.6. The molecule has 0 saturated heterocycles. The topological polar surface area (TPSA) is 41.8 Å². The fourth-order valence-electron chi connectivity index (χ4n) is 4.29. The first-order chi connectivity index (χ1) is 14.3. The summed E-state index contributed by atoms with van der Waals surface area (Å²) in [4.78, 5) is 7.66. The highest BCUT2D eigenvalue weighted by Crippen LogP contribution is 2.31. The van der Waals surface area contributed by atoms with Crippen LogP contribution in [-0.4, -0.2) is 9.97 Å². The van der Waals surface area contributed by atoms with Crippen LogP contribution in [0.15, 0.2) is 77.5 Å². The summed E-state index contributed by atoms with van der Waals surface area (Å²) in [7, 11) is 0. The normalized spacial score (nSPS) is 21.8. The van der Waals surface area contributed by atoms with E-state index in [0.29, 0.717) is 11.8 Å². The number of fused-ring (bicyclic) bond motifs is 2. The monoisotopic (exact) mass is 382 g/mol. The molecule has 3 heterocycles. The standard InChI is InChI=1S/C26H26N2O/c1-2-18-6-3-8-20(9-4-7-18)25-16-21-14-19(11-12-24(21)29-25)15-22-17-28-26-23(22)10-5-13-27-26/h3-6,9-14,16-18,20H,2,7-8,15H2,1H3,(H,27,28)/b6-3-,9-4+. The van der Waals surface area contributed by atoms with E-state index in [1.807, 2.05) is 12.3 Å². The van der Waals surface area contributed by atoms with Crippen molar-refractivity contribution in [1.82, 2.24) is 9.97 Å². The highest BCUT2D eigenvalue weighted by Gasteiger charge is 2.15. The molecule has 0 amide bonds. The van der Waals surface area contributed by atoms with Crippen molar-refractivity contribution in [2.45, 2.75) is 38.5 Å². The highest BCUT2D eigenvalue weighted by atomic mass is 16.3. The fourth-order valence-corrected chi connectivity index (χ4v) is 4.29. The van der Waals surface area contributed by atoms with Gasteiger partial charge in [-0.05, 0) is 73.1 Å². The SMILES string of the molecule is CCC1/C=C\CC(c2cc3cc(Cc4c[nH]c5ncccc45)ccc3o2)/C=C/C1. The van der Waals surface area contributed by atoms with Crippen molar-refractivity contribution in [2.24, 2.45) is 5.92 Å². The van der Waals surface area contributed by atoms with Gasteiger partial charge in [-0.1, -0.05) is 37.3 Å². The Morgan fingerprint density at radius 3 is 2.97 bits per heavy atom. The number of nitrogens with zero attached hydrogens (tertiary/aromatic N) is 1. The Labute approximate surface area is 171 Å². The van der Waals surface area contributed by atoms with Gasteiger partial charge in [-0.2, -0.15) is 0 Å². The zero-order chi connectivity index (χ0) is 19.6. The molecule has 2 atom stereocenters. The van der Waals surface area contributed by atoms with E-state index >= 15 is 0 Å². The van der Waals surface area contributed by atoms with Crippen molar-refractivity contribution in [1.29, 1.82) is 0 Å². The van der Waals surface area contributed by atoms with Crippen LogP contribution in [0.25, 0.3) is 22.0 Å². The molecule has 0 bridgehead atoms. The predicted octanol–water partition coefficient (Wildman–Crippen LogP) is 6.92. The Balaban J connectivity index is 1.40. The quantitative estimate of drug-likeness (QED) is 0.389. The van der Waals surface area contributed by atoms with Gasteiger partial charge in [-0.3, -0.25) is 0 Å². The summed E-state index contributed by atoms with van der Waals surface area (Å²) in [6.45, 7) is 2.26. The number of nitrogens with one attached hydrogen (secondary N) is 1. The second-order valence-corrected chi connectivity index (χ2v) is 8.01. The molecular formula is C26H26N2O. The van der Waals surface area contributed by atoms with Crippen molar-refractivity contribution in [3.05, 3.63) is 90.0 Å². The lowest BCUT2D eigenvalue weighted by Gasteiger charge is -2.13. The molecule has 1 N–H and O–H groups in total. The van der Waals surface area contributed by atoms with Crippen LogP contribution in [0.2, 0.25) is 0 Å². The number of hydrogen-bond donors (Lipinski definition) is 1. The van der Waals surface area contributed by atoms with E-state index in [1.165, 1.54) is 28.3 Å². The number of rotatable bonds is 4. The van der Waals surface area contributed by atoms with Gasteiger partial charge in [-0.25, -0.2) is 4.98 Å². The predicted molar refractivity (Wildman–Crippen MR) is 119 cm³/mol. The average molecular weight is 383 g/mol. The molecule has 29 heavy (non-hydrogen) atoms. The number of allylic oxidation sites excluding steroid dienone is 4. The van der Waals surface area contributed by atoms with Crippen LogP contribution in [0.1, 0.15) is 49.0 Å². The van der Waals surface area contributed by atoms with Crippen molar-refractivity contribution >= 4 is 22.0 Å². The number of H-pyrrole nitrogens is 1. The van der Waals surface area contributed by atoms with Gasteiger partial charge in [0.25, 0.3) is 0 Å². The molecule has 0 spiro atoms. The third-order valence-electron chi connectivity index (χ3n) is 6.03. The van der Waals surface area contributed by atoms with Crippen molar-refractivity contribution < 1.29 is 4.42 Å². The van der Waals surface area contributed by atoms with Gasteiger partial charge in [0.1, 0.15) is 17.0 Å². The van der Waals surface area contributed by atoms with Gasteiger partial charge in [-0.15, -0.1) is 0 Å². The number of furan rings is 1.